The standard InChI is InChI=1S/C18H26N2O4/c1-17(2,13-5-6-14-15(9-13)23-12-22-14)10-19-16(21)20-7-8-24-18(3,4)11-20/h5-6,9H,7-8,10-12H2,1-4H3,(H,19,21). The van der Waals surface area contributed by atoms with E-state index in [4.69, 9.17) is 14.2 Å². The van der Waals surface area contributed by atoms with Crippen LogP contribution in [0.4, 0.5) is 4.79 Å². The Hall–Kier alpha value is -1.95. The Morgan fingerprint density at radius 2 is 2.04 bits per heavy atom. The summed E-state index contributed by atoms with van der Waals surface area (Å²) in [6.07, 6.45) is 0. The monoisotopic (exact) mass is 334 g/mol. The summed E-state index contributed by atoms with van der Waals surface area (Å²) in [4.78, 5) is 14.3. The summed E-state index contributed by atoms with van der Waals surface area (Å²) in [6, 6.07) is 5.90. The molecule has 0 atom stereocenters. The molecule has 132 valence electrons. The van der Waals surface area contributed by atoms with Crippen LogP contribution in [0, 0.1) is 0 Å². The molecule has 2 heterocycles. The molecule has 0 bridgehead atoms. The Kier molecular flexibility index (Phi) is 4.34. The molecule has 0 spiro atoms. The second-order valence-corrected chi connectivity index (χ2v) is 7.64. The van der Waals surface area contributed by atoms with Gasteiger partial charge in [-0.25, -0.2) is 4.79 Å². The maximum absolute atomic E-state index is 12.5. The topological polar surface area (TPSA) is 60.0 Å². The van der Waals surface area contributed by atoms with Gasteiger partial charge in [0.1, 0.15) is 0 Å². The molecule has 0 unspecified atom stereocenters. The average Bonchev–Trinajstić information content (AvgIpc) is 2.99. The van der Waals surface area contributed by atoms with Gasteiger partial charge in [-0.1, -0.05) is 19.9 Å². The fourth-order valence-electron chi connectivity index (χ4n) is 3.02. The second-order valence-electron chi connectivity index (χ2n) is 7.64. The number of nitrogens with zero attached hydrogens (tertiary/aromatic N) is 1. The van der Waals surface area contributed by atoms with Crippen molar-refractivity contribution in [1.29, 1.82) is 0 Å². The lowest BCUT2D eigenvalue weighted by atomic mass is 9.84. The summed E-state index contributed by atoms with van der Waals surface area (Å²) < 4.78 is 16.5. The summed E-state index contributed by atoms with van der Waals surface area (Å²) >= 11 is 0. The van der Waals surface area contributed by atoms with Crippen molar-refractivity contribution in [1.82, 2.24) is 10.2 Å². The number of hydrogen-bond donors (Lipinski definition) is 1. The fourth-order valence-corrected chi connectivity index (χ4v) is 3.02. The van der Waals surface area contributed by atoms with Gasteiger partial charge in [0.2, 0.25) is 6.79 Å². The number of rotatable bonds is 3. The molecule has 1 N–H and O–H groups in total. The first-order valence-corrected chi connectivity index (χ1v) is 8.34. The normalized spacial score (nSPS) is 19.2. The van der Waals surface area contributed by atoms with Crippen LogP contribution in [0.5, 0.6) is 11.5 Å². The minimum atomic E-state index is -0.289. The van der Waals surface area contributed by atoms with Gasteiger partial charge in [-0.15, -0.1) is 0 Å². The first-order valence-electron chi connectivity index (χ1n) is 8.34. The molecule has 2 aliphatic heterocycles. The summed E-state index contributed by atoms with van der Waals surface area (Å²) in [5, 5.41) is 3.06. The molecular weight excluding hydrogens is 308 g/mol. The molecule has 24 heavy (non-hydrogen) atoms. The van der Waals surface area contributed by atoms with Gasteiger partial charge in [-0.05, 0) is 31.5 Å². The zero-order valence-corrected chi connectivity index (χ0v) is 14.8. The van der Waals surface area contributed by atoms with Crippen LogP contribution in [0.2, 0.25) is 0 Å². The molecule has 0 aromatic heterocycles. The van der Waals surface area contributed by atoms with Crippen LogP contribution in [0.15, 0.2) is 18.2 Å². The molecule has 1 aromatic carbocycles. The molecule has 1 fully saturated rings. The highest BCUT2D eigenvalue weighted by Crippen LogP contribution is 2.36. The molecule has 6 heteroatoms. The summed E-state index contributed by atoms with van der Waals surface area (Å²) in [5.74, 6) is 1.54. The Bertz CT molecular complexity index is 627. The third kappa shape index (κ3) is 3.59. The van der Waals surface area contributed by atoms with Crippen LogP contribution >= 0.6 is 0 Å². The van der Waals surface area contributed by atoms with Gasteiger partial charge in [-0.3, -0.25) is 0 Å². The van der Waals surface area contributed by atoms with Crippen molar-refractivity contribution in [3.63, 3.8) is 0 Å². The average molecular weight is 334 g/mol. The van der Waals surface area contributed by atoms with E-state index in [-0.39, 0.29) is 23.8 Å². The van der Waals surface area contributed by atoms with Crippen molar-refractivity contribution in [3.8, 4) is 11.5 Å². The lowest BCUT2D eigenvalue weighted by molar-refractivity contribution is -0.0733. The highest BCUT2D eigenvalue weighted by molar-refractivity contribution is 5.74. The molecule has 1 aromatic rings. The number of morpholine rings is 1. The van der Waals surface area contributed by atoms with Gasteiger partial charge in [0.25, 0.3) is 0 Å². The van der Waals surface area contributed by atoms with Gasteiger partial charge in [0.15, 0.2) is 11.5 Å². The first-order chi connectivity index (χ1) is 11.3. The lowest BCUT2D eigenvalue weighted by Gasteiger charge is -2.38. The van der Waals surface area contributed by atoms with E-state index in [0.29, 0.717) is 26.2 Å². The van der Waals surface area contributed by atoms with E-state index in [1.54, 1.807) is 0 Å². The van der Waals surface area contributed by atoms with E-state index in [0.717, 1.165) is 17.1 Å². The highest BCUT2D eigenvalue weighted by atomic mass is 16.7. The van der Waals surface area contributed by atoms with Gasteiger partial charge in [0.05, 0.1) is 18.8 Å². The number of nitrogens with one attached hydrogen (secondary N) is 1. The lowest BCUT2D eigenvalue weighted by Crippen LogP contribution is -2.54. The Morgan fingerprint density at radius 3 is 2.79 bits per heavy atom. The first kappa shape index (κ1) is 16.9. The Morgan fingerprint density at radius 1 is 1.29 bits per heavy atom. The Labute approximate surface area is 143 Å². The van der Waals surface area contributed by atoms with Crippen molar-refractivity contribution in [2.24, 2.45) is 0 Å². The van der Waals surface area contributed by atoms with Crippen molar-refractivity contribution in [2.45, 2.75) is 38.7 Å². The third-order valence-electron chi connectivity index (χ3n) is 4.55. The smallest absolute Gasteiger partial charge is 0.317 e. The molecular formula is C18H26N2O4. The molecule has 2 aliphatic rings. The van der Waals surface area contributed by atoms with Crippen LogP contribution in [0.25, 0.3) is 0 Å². The maximum Gasteiger partial charge on any atom is 0.317 e. The van der Waals surface area contributed by atoms with Crippen molar-refractivity contribution in [3.05, 3.63) is 23.8 Å². The van der Waals surface area contributed by atoms with E-state index < -0.39 is 0 Å². The third-order valence-corrected chi connectivity index (χ3v) is 4.55. The van der Waals surface area contributed by atoms with E-state index in [1.165, 1.54) is 0 Å². The van der Waals surface area contributed by atoms with Crippen LogP contribution < -0.4 is 14.8 Å². The van der Waals surface area contributed by atoms with Crippen molar-refractivity contribution < 1.29 is 19.0 Å². The van der Waals surface area contributed by atoms with Gasteiger partial charge < -0.3 is 24.4 Å². The number of ether oxygens (including phenoxy) is 3. The van der Waals surface area contributed by atoms with E-state index in [9.17, 15) is 4.79 Å². The van der Waals surface area contributed by atoms with E-state index >= 15 is 0 Å². The van der Waals surface area contributed by atoms with Crippen molar-refractivity contribution in [2.75, 3.05) is 33.0 Å². The largest absolute Gasteiger partial charge is 0.454 e. The zero-order valence-electron chi connectivity index (χ0n) is 14.8. The SMILES string of the molecule is CC1(C)CN(C(=O)NCC(C)(C)c2ccc3c(c2)OCO3)CCO1. The number of amides is 2. The minimum Gasteiger partial charge on any atom is -0.454 e. The number of hydrogen-bond acceptors (Lipinski definition) is 4. The van der Waals surface area contributed by atoms with Crippen LogP contribution in [-0.4, -0.2) is 49.6 Å². The molecule has 0 radical (unpaired) electrons. The van der Waals surface area contributed by atoms with Crippen LogP contribution in [0.1, 0.15) is 33.3 Å². The van der Waals surface area contributed by atoms with Crippen molar-refractivity contribution >= 4 is 6.03 Å². The Balaban J connectivity index is 1.61. The molecule has 0 aliphatic carbocycles. The summed E-state index contributed by atoms with van der Waals surface area (Å²) in [5.41, 5.74) is 0.607. The maximum atomic E-state index is 12.5. The van der Waals surface area contributed by atoms with Gasteiger partial charge in [-0.2, -0.15) is 0 Å². The number of carbonyl (C=O) groups excluding carboxylic acids is 1. The van der Waals surface area contributed by atoms with Gasteiger partial charge in [0, 0.05) is 18.5 Å². The van der Waals surface area contributed by atoms with Gasteiger partial charge >= 0.3 is 6.03 Å². The quantitative estimate of drug-likeness (QED) is 0.923. The number of fused-ring (bicyclic) bond motifs is 1. The second kappa shape index (κ2) is 6.16. The molecule has 3 rings (SSSR count). The predicted molar refractivity (Wildman–Crippen MR) is 90.6 cm³/mol. The fraction of sp³-hybridized carbons (Fsp3) is 0.611. The summed E-state index contributed by atoms with van der Waals surface area (Å²) in [6.45, 7) is 10.8. The molecule has 6 nitrogen and oxygen atoms in total. The van der Waals surface area contributed by atoms with Crippen LogP contribution in [0.3, 0.4) is 0 Å². The molecule has 1 saturated heterocycles. The predicted octanol–water partition coefficient (Wildman–Crippen LogP) is 2.51. The summed E-state index contributed by atoms with van der Waals surface area (Å²) in [7, 11) is 0. The highest BCUT2D eigenvalue weighted by Gasteiger charge is 2.31. The number of urea groups is 1. The van der Waals surface area contributed by atoms with E-state index in [1.807, 2.05) is 36.9 Å². The molecule has 0 saturated carbocycles. The molecule has 2 amide bonds. The van der Waals surface area contributed by atoms with Crippen LogP contribution in [-0.2, 0) is 10.2 Å². The minimum absolute atomic E-state index is 0.0415. The number of benzene rings is 1. The zero-order chi connectivity index (χ0) is 17.4. The number of carbonyl (C=O) groups is 1. The van der Waals surface area contributed by atoms with E-state index in [2.05, 4.69) is 19.2 Å².